The molecule has 4 heterocycles. The van der Waals surface area contributed by atoms with E-state index in [9.17, 15) is 0 Å². The Labute approximate surface area is 348 Å². The molecule has 4 aromatic heterocycles. The van der Waals surface area contributed by atoms with E-state index in [1.807, 2.05) is 48.5 Å². The zero-order valence-corrected chi connectivity index (χ0v) is 32.6. The molecule has 0 radical (unpaired) electrons. The van der Waals surface area contributed by atoms with Crippen LogP contribution in [0.4, 0.5) is 0 Å². The third-order valence-corrected chi connectivity index (χ3v) is 12.0. The standard InChI is InChI=1S/C55H32N4O2/c1-2-13-33(14-3-1)34-25-27-35(28-26-34)53-56-54(58-55(57-53)43-21-12-20-42-40-18-7-10-23-49(40)60-51(42)43)38-30-45-41-19-8-11-24-50(41)61-52(45)48(32-38)59-46-22-9-6-17-39(46)44-29-36-15-4-5-16-37(36)31-47(44)59/h1-32H. The van der Waals surface area contributed by atoms with Gasteiger partial charge in [0.15, 0.2) is 23.1 Å². The van der Waals surface area contributed by atoms with E-state index in [4.69, 9.17) is 23.8 Å². The minimum atomic E-state index is 0.527. The maximum Gasteiger partial charge on any atom is 0.167 e. The van der Waals surface area contributed by atoms with Gasteiger partial charge in [-0.3, -0.25) is 0 Å². The van der Waals surface area contributed by atoms with E-state index < -0.39 is 0 Å². The summed E-state index contributed by atoms with van der Waals surface area (Å²) in [7, 11) is 0. The van der Waals surface area contributed by atoms with Crippen LogP contribution in [0.15, 0.2) is 203 Å². The average Bonchev–Trinajstić information content (AvgIpc) is 4.00. The molecule has 0 spiro atoms. The van der Waals surface area contributed by atoms with Crippen LogP contribution in [-0.4, -0.2) is 19.5 Å². The molecule has 0 atom stereocenters. The number of rotatable bonds is 5. The van der Waals surface area contributed by atoms with Crippen molar-refractivity contribution in [3.8, 4) is 51.0 Å². The summed E-state index contributed by atoms with van der Waals surface area (Å²) in [6, 6.07) is 67.4. The number of hydrogen-bond donors (Lipinski definition) is 0. The van der Waals surface area contributed by atoms with Crippen molar-refractivity contribution in [2.24, 2.45) is 0 Å². The van der Waals surface area contributed by atoms with Crippen LogP contribution in [0.5, 0.6) is 0 Å². The number of aromatic nitrogens is 4. The predicted octanol–water partition coefficient (Wildman–Crippen LogP) is 14.6. The largest absolute Gasteiger partial charge is 0.455 e. The third kappa shape index (κ3) is 5.26. The molecule has 0 amide bonds. The average molecular weight is 781 g/mol. The van der Waals surface area contributed by atoms with Crippen LogP contribution >= 0.6 is 0 Å². The van der Waals surface area contributed by atoms with Crippen molar-refractivity contribution in [2.45, 2.75) is 0 Å². The van der Waals surface area contributed by atoms with Gasteiger partial charge in [-0.15, -0.1) is 0 Å². The molecule has 6 heteroatoms. The van der Waals surface area contributed by atoms with Crippen LogP contribution in [0, 0.1) is 0 Å². The molecule has 284 valence electrons. The van der Waals surface area contributed by atoms with E-state index >= 15 is 0 Å². The zero-order valence-electron chi connectivity index (χ0n) is 32.6. The first-order chi connectivity index (χ1) is 30.2. The Kier molecular flexibility index (Phi) is 7.21. The molecule has 13 rings (SSSR count). The lowest BCUT2D eigenvalue weighted by atomic mass is 10.0. The highest BCUT2D eigenvalue weighted by molar-refractivity contribution is 6.16. The van der Waals surface area contributed by atoms with E-state index in [2.05, 4.69) is 150 Å². The Bertz CT molecular complexity index is 3880. The number of para-hydroxylation sites is 4. The van der Waals surface area contributed by atoms with Crippen molar-refractivity contribution >= 4 is 76.5 Å². The van der Waals surface area contributed by atoms with Crippen LogP contribution in [-0.2, 0) is 0 Å². The summed E-state index contributed by atoms with van der Waals surface area (Å²) in [5.41, 5.74) is 11.0. The van der Waals surface area contributed by atoms with Gasteiger partial charge in [0.1, 0.15) is 16.7 Å². The van der Waals surface area contributed by atoms with E-state index in [-0.39, 0.29) is 0 Å². The number of nitrogens with zero attached hydrogens (tertiary/aromatic N) is 4. The summed E-state index contributed by atoms with van der Waals surface area (Å²) < 4.78 is 15.7. The van der Waals surface area contributed by atoms with Crippen molar-refractivity contribution in [3.05, 3.63) is 194 Å². The van der Waals surface area contributed by atoms with Crippen LogP contribution in [0.2, 0.25) is 0 Å². The lowest BCUT2D eigenvalue weighted by molar-refractivity contribution is 0.666. The summed E-state index contributed by atoms with van der Waals surface area (Å²) in [5, 5.41) is 8.76. The Morgan fingerprint density at radius 2 is 0.902 bits per heavy atom. The molecule has 0 saturated carbocycles. The second-order valence-corrected chi connectivity index (χ2v) is 15.6. The van der Waals surface area contributed by atoms with E-state index in [0.29, 0.717) is 17.5 Å². The lowest BCUT2D eigenvalue weighted by Crippen LogP contribution is -2.02. The summed E-state index contributed by atoms with van der Waals surface area (Å²) in [5.74, 6) is 1.63. The monoisotopic (exact) mass is 780 g/mol. The quantitative estimate of drug-likeness (QED) is 0.174. The van der Waals surface area contributed by atoms with Crippen LogP contribution in [0.3, 0.4) is 0 Å². The molecule has 61 heavy (non-hydrogen) atoms. The summed E-state index contributed by atoms with van der Waals surface area (Å²) in [4.78, 5) is 15.8. The normalized spacial score (nSPS) is 11.9. The van der Waals surface area contributed by atoms with Crippen molar-refractivity contribution in [1.29, 1.82) is 0 Å². The molecule has 0 aliphatic carbocycles. The zero-order chi connectivity index (χ0) is 40.0. The van der Waals surface area contributed by atoms with Gasteiger partial charge >= 0.3 is 0 Å². The Morgan fingerprint density at radius 1 is 0.328 bits per heavy atom. The molecule has 0 aliphatic heterocycles. The topological polar surface area (TPSA) is 69.9 Å². The van der Waals surface area contributed by atoms with Crippen molar-refractivity contribution in [3.63, 3.8) is 0 Å². The van der Waals surface area contributed by atoms with Gasteiger partial charge in [-0.05, 0) is 70.4 Å². The predicted molar refractivity (Wildman–Crippen MR) is 248 cm³/mol. The second-order valence-electron chi connectivity index (χ2n) is 15.6. The summed E-state index contributed by atoms with van der Waals surface area (Å²) in [6.45, 7) is 0. The fourth-order valence-electron chi connectivity index (χ4n) is 9.14. The van der Waals surface area contributed by atoms with Crippen molar-refractivity contribution < 1.29 is 8.83 Å². The number of furan rings is 2. The van der Waals surface area contributed by atoms with Crippen LogP contribution in [0.25, 0.3) is 127 Å². The van der Waals surface area contributed by atoms with E-state index in [1.165, 1.54) is 21.5 Å². The smallest absolute Gasteiger partial charge is 0.167 e. The maximum absolute atomic E-state index is 6.81. The van der Waals surface area contributed by atoms with Gasteiger partial charge in [0, 0.05) is 43.4 Å². The molecule has 13 aromatic rings. The van der Waals surface area contributed by atoms with Crippen molar-refractivity contribution in [2.75, 3.05) is 0 Å². The number of hydrogen-bond acceptors (Lipinski definition) is 5. The number of fused-ring (bicyclic) bond motifs is 10. The molecule has 0 unspecified atom stereocenters. The Hall–Kier alpha value is -8.35. The minimum absolute atomic E-state index is 0.527. The second kappa shape index (κ2) is 13.1. The Balaban J connectivity index is 1.10. The van der Waals surface area contributed by atoms with Crippen LogP contribution < -0.4 is 0 Å². The molecule has 0 aliphatic rings. The van der Waals surface area contributed by atoms with Gasteiger partial charge in [0.05, 0.1) is 22.3 Å². The molecule has 0 saturated heterocycles. The fraction of sp³-hybridized carbons (Fsp3) is 0. The van der Waals surface area contributed by atoms with Gasteiger partial charge < -0.3 is 13.4 Å². The minimum Gasteiger partial charge on any atom is -0.455 e. The highest BCUT2D eigenvalue weighted by atomic mass is 16.3. The van der Waals surface area contributed by atoms with Gasteiger partial charge in [-0.2, -0.15) is 0 Å². The molecular formula is C55H32N4O2. The third-order valence-electron chi connectivity index (χ3n) is 12.0. The maximum atomic E-state index is 6.81. The molecule has 0 fully saturated rings. The van der Waals surface area contributed by atoms with Crippen molar-refractivity contribution in [1.82, 2.24) is 19.5 Å². The highest BCUT2D eigenvalue weighted by Crippen LogP contribution is 2.42. The molecule has 0 N–H and O–H groups in total. The first-order valence-corrected chi connectivity index (χ1v) is 20.4. The number of benzene rings is 9. The first-order valence-electron chi connectivity index (χ1n) is 20.4. The fourth-order valence-corrected chi connectivity index (χ4v) is 9.14. The lowest BCUT2D eigenvalue weighted by Gasteiger charge is -2.13. The van der Waals surface area contributed by atoms with E-state index in [1.54, 1.807) is 0 Å². The molecule has 9 aromatic carbocycles. The molecule has 6 nitrogen and oxygen atoms in total. The van der Waals surface area contributed by atoms with Gasteiger partial charge in [0.25, 0.3) is 0 Å². The van der Waals surface area contributed by atoms with Gasteiger partial charge in [-0.25, -0.2) is 15.0 Å². The summed E-state index contributed by atoms with van der Waals surface area (Å²) in [6.07, 6.45) is 0. The van der Waals surface area contributed by atoms with Gasteiger partial charge in [-0.1, -0.05) is 146 Å². The molecular weight excluding hydrogens is 749 g/mol. The van der Waals surface area contributed by atoms with Gasteiger partial charge in [0.2, 0.25) is 0 Å². The van der Waals surface area contributed by atoms with Crippen LogP contribution in [0.1, 0.15) is 0 Å². The SMILES string of the molecule is c1ccc(-c2ccc(-c3nc(-c4cc(-n5c6ccccc6c6cc7ccccc7cc65)c5oc6ccccc6c5c4)nc(-c4cccc5c4oc4ccccc45)n3)cc2)cc1. The molecule has 0 bridgehead atoms. The summed E-state index contributed by atoms with van der Waals surface area (Å²) >= 11 is 0. The first kappa shape index (κ1) is 33.6. The van der Waals surface area contributed by atoms with E-state index in [0.717, 1.165) is 88.4 Å². The highest BCUT2D eigenvalue weighted by Gasteiger charge is 2.23. The Morgan fingerprint density at radius 3 is 1.69 bits per heavy atom.